The van der Waals surface area contributed by atoms with E-state index in [2.05, 4.69) is 15.4 Å². The number of nitrogens with zero attached hydrogens (tertiary/aromatic N) is 2. The fourth-order valence-electron chi connectivity index (χ4n) is 2.64. The minimum absolute atomic E-state index is 0.600. The van der Waals surface area contributed by atoms with Crippen LogP contribution in [0.1, 0.15) is 30.7 Å². The molecule has 1 atom stereocenters. The Morgan fingerprint density at radius 1 is 1.53 bits per heavy atom. The third-order valence-corrected chi connectivity index (χ3v) is 3.65. The van der Waals surface area contributed by atoms with E-state index in [0.29, 0.717) is 6.04 Å². The Morgan fingerprint density at radius 2 is 2.42 bits per heavy atom. The molecule has 0 bridgehead atoms. The fraction of sp³-hybridized carbons (Fsp3) is 0.786. The first-order valence-corrected chi connectivity index (χ1v) is 7.15. The van der Waals surface area contributed by atoms with Crippen molar-refractivity contribution in [3.05, 3.63) is 17.5 Å². The Morgan fingerprint density at radius 3 is 3.16 bits per heavy atom. The van der Waals surface area contributed by atoms with E-state index in [1.54, 1.807) is 7.11 Å². The molecule has 0 aliphatic carbocycles. The Labute approximate surface area is 115 Å². The van der Waals surface area contributed by atoms with Crippen LogP contribution in [0.3, 0.4) is 0 Å². The lowest BCUT2D eigenvalue weighted by Gasteiger charge is -2.35. The van der Waals surface area contributed by atoms with Gasteiger partial charge in [0, 0.05) is 38.9 Å². The first-order chi connectivity index (χ1) is 9.29. The molecule has 2 heterocycles. The second-order valence-electron chi connectivity index (χ2n) is 5.25. The summed E-state index contributed by atoms with van der Waals surface area (Å²) in [5, 5.41) is 7.56. The first kappa shape index (κ1) is 14.5. The summed E-state index contributed by atoms with van der Waals surface area (Å²) in [6, 6.07) is 2.63. The van der Waals surface area contributed by atoms with Gasteiger partial charge < -0.3 is 14.6 Å². The number of likely N-dealkylation sites (tertiary alicyclic amines) is 1. The number of hydrogen-bond acceptors (Lipinski definition) is 5. The molecule has 1 N–H and O–H groups in total. The number of aromatic nitrogens is 1. The predicted molar refractivity (Wildman–Crippen MR) is 74.0 cm³/mol. The Bertz CT molecular complexity index is 367. The summed E-state index contributed by atoms with van der Waals surface area (Å²) < 4.78 is 10.2. The molecule has 108 valence electrons. The number of ether oxygens (including phenoxy) is 1. The lowest BCUT2D eigenvalue weighted by atomic mass is 10.0. The van der Waals surface area contributed by atoms with Crippen molar-refractivity contribution < 1.29 is 9.26 Å². The minimum Gasteiger partial charge on any atom is -0.383 e. The minimum atomic E-state index is 0.600. The maximum absolute atomic E-state index is 5.15. The monoisotopic (exact) mass is 267 g/mol. The van der Waals surface area contributed by atoms with Crippen LogP contribution in [0, 0.1) is 6.92 Å². The highest BCUT2D eigenvalue weighted by Gasteiger charge is 2.22. The zero-order valence-corrected chi connectivity index (χ0v) is 12.0. The van der Waals surface area contributed by atoms with Crippen LogP contribution in [0.15, 0.2) is 10.6 Å². The van der Waals surface area contributed by atoms with Crippen molar-refractivity contribution in [2.24, 2.45) is 0 Å². The van der Waals surface area contributed by atoms with Gasteiger partial charge in [-0.05, 0) is 26.3 Å². The van der Waals surface area contributed by atoms with E-state index in [4.69, 9.17) is 9.26 Å². The standard InChI is InChI=1S/C14H25N3O2/c1-12-9-13(16-19-12)11-17-7-4-3-5-14(17)10-15-6-8-18-2/h9,14-15H,3-8,10-11H2,1-2H3. The van der Waals surface area contributed by atoms with Crippen molar-refractivity contribution in [3.8, 4) is 0 Å². The highest BCUT2D eigenvalue weighted by molar-refractivity contribution is 5.03. The fourth-order valence-corrected chi connectivity index (χ4v) is 2.64. The average molecular weight is 267 g/mol. The number of nitrogens with one attached hydrogen (secondary N) is 1. The Kier molecular flexibility index (Phi) is 5.82. The second-order valence-corrected chi connectivity index (χ2v) is 5.25. The summed E-state index contributed by atoms with van der Waals surface area (Å²) in [5.41, 5.74) is 1.04. The quantitative estimate of drug-likeness (QED) is 0.760. The van der Waals surface area contributed by atoms with E-state index in [0.717, 1.165) is 44.2 Å². The highest BCUT2D eigenvalue weighted by atomic mass is 16.5. The van der Waals surface area contributed by atoms with E-state index < -0.39 is 0 Å². The summed E-state index contributed by atoms with van der Waals surface area (Å²) in [6.45, 7) is 6.71. The molecule has 5 nitrogen and oxygen atoms in total. The predicted octanol–water partition coefficient (Wildman–Crippen LogP) is 1.57. The van der Waals surface area contributed by atoms with Gasteiger partial charge in [0.15, 0.2) is 0 Å². The third-order valence-electron chi connectivity index (χ3n) is 3.65. The molecule has 2 rings (SSSR count). The number of methoxy groups -OCH3 is 1. The van der Waals surface area contributed by atoms with Crippen LogP contribution in [0.2, 0.25) is 0 Å². The largest absolute Gasteiger partial charge is 0.383 e. The van der Waals surface area contributed by atoms with E-state index in [-0.39, 0.29) is 0 Å². The van der Waals surface area contributed by atoms with Crippen molar-refractivity contribution in [2.75, 3.05) is 33.4 Å². The zero-order valence-electron chi connectivity index (χ0n) is 12.0. The van der Waals surface area contributed by atoms with Crippen LogP contribution in [0.5, 0.6) is 0 Å². The summed E-state index contributed by atoms with van der Waals surface area (Å²) in [5.74, 6) is 0.891. The normalized spacial score (nSPS) is 20.8. The molecule has 0 saturated carbocycles. The molecule has 1 aromatic heterocycles. The molecular weight excluding hydrogens is 242 g/mol. The van der Waals surface area contributed by atoms with E-state index >= 15 is 0 Å². The highest BCUT2D eigenvalue weighted by Crippen LogP contribution is 2.19. The van der Waals surface area contributed by atoms with Crippen LogP contribution in [-0.2, 0) is 11.3 Å². The summed E-state index contributed by atoms with van der Waals surface area (Å²) >= 11 is 0. The first-order valence-electron chi connectivity index (χ1n) is 7.15. The van der Waals surface area contributed by atoms with Gasteiger partial charge in [0.05, 0.1) is 12.3 Å². The van der Waals surface area contributed by atoms with Crippen LogP contribution >= 0.6 is 0 Å². The van der Waals surface area contributed by atoms with Gasteiger partial charge in [-0.1, -0.05) is 11.6 Å². The molecule has 1 aliphatic heterocycles. The third kappa shape index (κ3) is 4.60. The van der Waals surface area contributed by atoms with Crippen molar-refractivity contribution in [1.82, 2.24) is 15.4 Å². The van der Waals surface area contributed by atoms with Crippen molar-refractivity contribution in [3.63, 3.8) is 0 Å². The number of aryl methyl sites for hydroxylation is 1. The molecule has 0 amide bonds. The molecule has 0 aromatic carbocycles. The van der Waals surface area contributed by atoms with Crippen molar-refractivity contribution in [1.29, 1.82) is 0 Å². The molecule has 1 aromatic rings. The van der Waals surface area contributed by atoms with Gasteiger partial charge in [0.1, 0.15) is 5.76 Å². The van der Waals surface area contributed by atoms with Crippen LogP contribution in [0.4, 0.5) is 0 Å². The Hall–Kier alpha value is -0.910. The van der Waals surface area contributed by atoms with Gasteiger partial charge >= 0.3 is 0 Å². The molecule has 1 unspecified atom stereocenters. The Balaban J connectivity index is 1.81. The van der Waals surface area contributed by atoms with Gasteiger partial charge in [-0.3, -0.25) is 4.90 Å². The maximum Gasteiger partial charge on any atom is 0.133 e. The van der Waals surface area contributed by atoms with Gasteiger partial charge in [-0.2, -0.15) is 0 Å². The van der Waals surface area contributed by atoms with Crippen LogP contribution in [-0.4, -0.2) is 49.4 Å². The summed E-state index contributed by atoms with van der Waals surface area (Å²) in [6.07, 6.45) is 3.87. The summed E-state index contributed by atoms with van der Waals surface area (Å²) in [4.78, 5) is 2.51. The maximum atomic E-state index is 5.15. The molecule has 0 radical (unpaired) electrons. The van der Waals surface area contributed by atoms with Gasteiger partial charge in [-0.25, -0.2) is 0 Å². The molecular formula is C14H25N3O2. The van der Waals surface area contributed by atoms with Crippen LogP contribution in [0.25, 0.3) is 0 Å². The lowest BCUT2D eigenvalue weighted by molar-refractivity contribution is 0.130. The second kappa shape index (κ2) is 7.62. The summed E-state index contributed by atoms with van der Waals surface area (Å²) in [7, 11) is 1.74. The zero-order chi connectivity index (χ0) is 13.5. The van der Waals surface area contributed by atoms with Crippen molar-refractivity contribution in [2.45, 2.75) is 38.8 Å². The topological polar surface area (TPSA) is 50.5 Å². The molecule has 0 spiro atoms. The molecule has 19 heavy (non-hydrogen) atoms. The number of rotatable bonds is 7. The lowest BCUT2D eigenvalue weighted by Crippen LogP contribution is -2.45. The smallest absolute Gasteiger partial charge is 0.133 e. The van der Waals surface area contributed by atoms with Gasteiger partial charge in [0.25, 0.3) is 0 Å². The number of hydrogen-bond donors (Lipinski definition) is 1. The van der Waals surface area contributed by atoms with E-state index in [1.165, 1.54) is 19.3 Å². The van der Waals surface area contributed by atoms with E-state index in [1.807, 2.05) is 13.0 Å². The van der Waals surface area contributed by atoms with Gasteiger partial charge in [0.2, 0.25) is 0 Å². The molecule has 1 aliphatic rings. The molecule has 1 saturated heterocycles. The van der Waals surface area contributed by atoms with E-state index in [9.17, 15) is 0 Å². The number of piperidine rings is 1. The van der Waals surface area contributed by atoms with Gasteiger partial charge in [-0.15, -0.1) is 0 Å². The average Bonchev–Trinajstić information content (AvgIpc) is 2.82. The SMILES string of the molecule is COCCNCC1CCCCN1Cc1cc(C)on1. The van der Waals surface area contributed by atoms with Crippen LogP contribution < -0.4 is 5.32 Å². The molecule has 5 heteroatoms. The molecule has 1 fully saturated rings. The van der Waals surface area contributed by atoms with Crippen molar-refractivity contribution >= 4 is 0 Å².